The topological polar surface area (TPSA) is 132 Å². The monoisotopic (exact) mass is 483 g/mol. The maximum atomic E-state index is 12.1. The molecule has 33 heavy (non-hydrogen) atoms. The minimum Gasteiger partial charge on any atom is -0.872 e. The zero-order valence-electron chi connectivity index (χ0n) is 17.6. The SMILES string of the molecule is COP(=O)([O-])SCC(=O)Nc1ccc(-c2c3ccc(=O)cc-3oc3cc([O-])ccc23)c(C)c1. The maximum Gasteiger partial charge on any atom is 0.234 e. The Kier molecular flexibility index (Phi) is 6.32. The zero-order valence-corrected chi connectivity index (χ0v) is 19.3. The summed E-state index contributed by atoms with van der Waals surface area (Å²) in [6.07, 6.45) is 0. The quantitative estimate of drug-likeness (QED) is 0.324. The fourth-order valence-corrected chi connectivity index (χ4v) is 5.15. The molecular weight excluding hydrogens is 465 g/mol. The van der Waals surface area contributed by atoms with E-state index in [0.29, 0.717) is 39.4 Å². The van der Waals surface area contributed by atoms with Crippen molar-refractivity contribution in [3.8, 4) is 28.2 Å². The van der Waals surface area contributed by atoms with Gasteiger partial charge in [0.1, 0.15) is 11.3 Å². The second-order valence-electron chi connectivity index (χ2n) is 7.27. The van der Waals surface area contributed by atoms with Crippen molar-refractivity contribution in [1.29, 1.82) is 0 Å². The summed E-state index contributed by atoms with van der Waals surface area (Å²) in [5, 5.41) is 15.3. The number of nitrogens with one attached hydrogen (secondary N) is 1. The molecule has 170 valence electrons. The molecule has 0 fully saturated rings. The van der Waals surface area contributed by atoms with Crippen molar-refractivity contribution in [3.05, 3.63) is 70.4 Å². The van der Waals surface area contributed by atoms with Crippen molar-refractivity contribution in [3.63, 3.8) is 0 Å². The van der Waals surface area contributed by atoms with E-state index in [-0.39, 0.29) is 16.9 Å². The van der Waals surface area contributed by atoms with E-state index in [2.05, 4.69) is 9.84 Å². The maximum absolute atomic E-state index is 12.1. The Morgan fingerprint density at radius 1 is 1.12 bits per heavy atom. The molecule has 1 amide bonds. The first-order valence-electron chi connectivity index (χ1n) is 9.77. The van der Waals surface area contributed by atoms with Gasteiger partial charge in [-0.25, -0.2) is 0 Å². The van der Waals surface area contributed by atoms with E-state index in [1.165, 1.54) is 24.3 Å². The van der Waals surface area contributed by atoms with Crippen LogP contribution in [0.4, 0.5) is 5.69 Å². The molecule has 2 aromatic carbocycles. The van der Waals surface area contributed by atoms with Gasteiger partial charge < -0.3 is 24.3 Å². The molecule has 0 saturated carbocycles. The highest BCUT2D eigenvalue weighted by Crippen LogP contribution is 2.50. The number of anilines is 1. The molecule has 2 aliphatic rings. The fourth-order valence-electron chi connectivity index (χ4n) is 3.55. The van der Waals surface area contributed by atoms with Crippen molar-refractivity contribution < 1.29 is 28.3 Å². The predicted molar refractivity (Wildman–Crippen MR) is 124 cm³/mol. The van der Waals surface area contributed by atoms with Crippen LogP contribution in [-0.4, -0.2) is 18.8 Å². The number of hydrogen-bond acceptors (Lipinski definition) is 8. The van der Waals surface area contributed by atoms with Gasteiger partial charge in [0.2, 0.25) is 5.91 Å². The first-order valence-corrected chi connectivity index (χ1v) is 12.9. The molecule has 1 unspecified atom stereocenters. The molecule has 0 radical (unpaired) electrons. The molecule has 1 aliphatic carbocycles. The summed E-state index contributed by atoms with van der Waals surface area (Å²) in [5.41, 5.74) is 3.81. The van der Waals surface area contributed by atoms with Crippen LogP contribution in [0.1, 0.15) is 5.56 Å². The van der Waals surface area contributed by atoms with Crippen LogP contribution in [0.25, 0.3) is 33.4 Å². The Morgan fingerprint density at radius 2 is 1.88 bits per heavy atom. The molecular formula is C23H18NO7PS-2. The standard InChI is InChI=1S/C23H20NO7PS/c1-13-9-14(24-22(27)12-33-32(28,29)30-2)3-6-17(13)23-18-7-4-15(25)10-20(18)31-21-11-16(26)5-8-19(21)23/h3-11,25H,12H2,1-2H3,(H,24,27)(H,28,29)/p-2. The van der Waals surface area contributed by atoms with Gasteiger partial charge in [0, 0.05) is 35.4 Å². The molecule has 10 heteroatoms. The van der Waals surface area contributed by atoms with Crippen molar-refractivity contribution in [2.45, 2.75) is 6.92 Å². The number of aryl methyl sites for hydroxylation is 1. The molecule has 8 nitrogen and oxygen atoms in total. The van der Waals surface area contributed by atoms with Crippen LogP contribution >= 0.6 is 18.2 Å². The van der Waals surface area contributed by atoms with Crippen LogP contribution in [0.15, 0.2) is 63.8 Å². The van der Waals surface area contributed by atoms with Gasteiger partial charge in [0.05, 0.1) is 5.75 Å². The van der Waals surface area contributed by atoms with E-state index in [9.17, 15) is 24.2 Å². The van der Waals surface area contributed by atoms with E-state index in [4.69, 9.17) is 4.42 Å². The van der Waals surface area contributed by atoms with Gasteiger partial charge >= 0.3 is 0 Å². The number of fused-ring (bicyclic) bond motifs is 2. The van der Waals surface area contributed by atoms with Crippen LogP contribution in [-0.2, 0) is 13.9 Å². The van der Waals surface area contributed by atoms with Gasteiger partial charge in [0.25, 0.3) is 0 Å². The number of rotatable bonds is 6. The lowest BCUT2D eigenvalue weighted by molar-refractivity contribution is -0.268. The molecule has 2 aromatic rings. The Labute approximate surface area is 192 Å². The van der Waals surface area contributed by atoms with Gasteiger partial charge in [-0.1, -0.05) is 29.6 Å². The lowest BCUT2D eigenvalue weighted by Crippen LogP contribution is -2.15. The molecule has 0 spiro atoms. The summed E-state index contributed by atoms with van der Waals surface area (Å²) >= 11 is 0.420. The summed E-state index contributed by atoms with van der Waals surface area (Å²) in [6, 6.07) is 14.3. The normalized spacial score (nSPS) is 13.2. The molecule has 0 aromatic heterocycles. The van der Waals surface area contributed by atoms with Crippen LogP contribution in [0.5, 0.6) is 5.75 Å². The highest BCUT2D eigenvalue weighted by atomic mass is 32.7. The van der Waals surface area contributed by atoms with Crippen LogP contribution in [0.3, 0.4) is 0 Å². The largest absolute Gasteiger partial charge is 0.872 e. The Balaban J connectivity index is 1.74. The highest BCUT2D eigenvalue weighted by Gasteiger charge is 2.19. The van der Waals surface area contributed by atoms with E-state index in [0.717, 1.165) is 23.8 Å². The molecule has 1 N–H and O–H groups in total. The third-order valence-corrected chi connectivity index (χ3v) is 7.96. The second kappa shape index (κ2) is 9.03. The number of carbonyl (C=O) groups excluding carboxylic acids is 1. The lowest BCUT2D eigenvalue weighted by Gasteiger charge is -2.19. The minimum absolute atomic E-state index is 0.210. The first kappa shape index (κ1) is 23.1. The average molecular weight is 483 g/mol. The third-order valence-electron chi connectivity index (χ3n) is 5.02. The minimum atomic E-state index is -4.09. The smallest absolute Gasteiger partial charge is 0.234 e. The van der Waals surface area contributed by atoms with Crippen molar-refractivity contribution in [2.75, 3.05) is 18.2 Å². The van der Waals surface area contributed by atoms with E-state index < -0.39 is 12.7 Å². The third kappa shape index (κ3) is 4.96. The van der Waals surface area contributed by atoms with Crippen molar-refractivity contribution >= 4 is 40.7 Å². The molecule has 0 saturated heterocycles. The van der Waals surface area contributed by atoms with Crippen LogP contribution < -0.4 is 20.7 Å². The van der Waals surface area contributed by atoms with Crippen LogP contribution in [0, 0.1) is 6.92 Å². The molecule has 1 aliphatic heterocycles. The van der Waals surface area contributed by atoms with Crippen molar-refractivity contribution in [2.24, 2.45) is 0 Å². The number of carbonyl (C=O) groups is 1. The fraction of sp³-hybridized carbons (Fsp3) is 0.130. The zero-order chi connectivity index (χ0) is 23.8. The lowest BCUT2D eigenvalue weighted by atomic mass is 9.91. The Bertz CT molecular complexity index is 1450. The molecule has 4 rings (SSSR count). The van der Waals surface area contributed by atoms with Gasteiger partial charge in [-0.2, -0.15) is 0 Å². The van der Waals surface area contributed by atoms with E-state index >= 15 is 0 Å². The summed E-state index contributed by atoms with van der Waals surface area (Å²) in [4.78, 5) is 35.4. The number of amides is 1. The van der Waals surface area contributed by atoms with Gasteiger partial charge in [-0.15, -0.1) is 5.75 Å². The van der Waals surface area contributed by atoms with E-state index in [1.807, 2.05) is 13.0 Å². The number of hydrogen-bond donors (Lipinski definition) is 1. The van der Waals surface area contributed by atoms with Gasteiger partial charge in [-0.05, 0) is 48.4 Å². The summed E-state index contributed by atoms with van der Waals surface area (Å²) in [6.45, 7) is -2.23. The molecule has 0 bridgehead atoms. The average Bonchev–Trinajstić information content (AvgIpc) is 2.76. The first-order chi connectivity index (χ1) is 15.7. The Morgan fingerprint density at radius 3 is 2.61 bits per heavy atom. The summed E-state index contributed by atoms with van der Waals surface area (Å²) in [5.74, 6) is -0.635. The van der Waals surface area contributed by atoms with Crippen molar-refractivity contribution in [1.82, 2.24) is 0 Å². The van der Waals surface area contributed by atoms with E-state index in [1.54, 1.807) is 24.3 Å². The summed E-state index contributed by atoms with van der Waals surface area (Å²) < 4.78 is 21.6. The summed E-state index contributed by atoms with van der Waals surface area (Å²) in [7, 11) is 1.04. The highest BCUT2D eigenvalue weighted by molar-refractivity contribution is 8.54. The molecule has 1 atom stereocenters. The van der Waals surface area contributed by atoms with Gasteiger partial charge in [-0.3, -0.25) is 14.2 Å². The second-order valence-corrected chi connectivity index (χ2v) is 11.2. The number of benzene rings is 3. The predicted octanol–water partition coefficient (Wildman–Crippen LogP) is 3.73. The Hall–Kier alpha value is -3.10. The van der Waals surface area contributed by atoms with Gasteiger partial charge in [0.15, 0.2) is 12.2 Å². The molecule has 1 heterocycles. The van der Waals surface area contributed by atoms with Crippen LogP contribution in [0.2, 0.25) is 0 Å².